The molecule has 2 heteroatoms. The Labute approximate surface area is 105 Å². The van der Waals surface area contributed by atoms with Crippen LogP contribution in [-0.2, 0) is 24.0 Å². The SMILES string of the molecule is CCc1cccc2c1Cc1ccccc1[S+]2[O-]. The molecular formula is C15H14OS. The molecular weight excluding hydrogens is 228 g/mol. The minimum absolute atomic E-state index is 0.918. The predicted octanol–water partition coefficient (Wildman–Crippen LogP) is 3.32. The van der Waals surface area contributed by atoms with Gasteiger partial charge < -0.3 is 4.55 Å². The van der Waals surface area contributed by atoms with E-state index in [1.165, 1.54) is 16.7 Å². The van der Waals surface area contributed by atoms with Crippen LogP contribution in [0.3, 0.4) is 0 Å². The van der Waals surface area contributed by atoms with Crippen LogP contribution in [0.15, 0.2) is 52.3 Å². The van der Waals surface area contributed by atoms with Crippen LogP contribution in [0, 0.1) is 0 Å². The van der Waals surface area contributed by atoms with Crippen molar-refractivity contribution in [3.05, 3.63) is 59.2 Å². The molecule has 0 radical (unpaired) electrons. The fourth-order valence-electron chi connectivity index (χ4n) is 2.46. The average Bonchev–Trinajstić information content (AvgIpc) is 2.38. The molecule has 2 aromatic rings. The van der Waals surface area contributed by atoms with E-state index >= 15 is 0 Å². The first-order valence-electron chi connectivity index (χ1n) is 5.91. The van der Waals surface area contributed by atoms with Gasteiger partial charge in [-0.3, -0.25) is 0 Å². The third-order valence-corrected chi connectivity index (χ3v) is 4.93. The molecule has 0 aromatic heterocycles. The zero-order valence-electron chi connectivity index (χ0n) is 9.77. The van der Waals surface area contributed by atoms with Gasteiger partial charge in [-0.05, 0) is 24.1 Å². The first-order valence-corrected chi connectivity index (χ1v) is 7.06. The van der Waals surface area contributed by atoms with Gasteiger partial charge in [0.2, 0.25) is 0 Å². The zero-order valence-corrected chi connectivity index (χ0v) is 10.6. The number of benzene rings is 2. The van der Waals surface area contributed by atoms with Gasteiger partial charge in [0.25, 0.3) is 0 Å². The van der Waals surface area contributed by atoms with Crippen LogP contribution in [0.1, 0.15) is 23.6 Å². The van der Waals surface area contributed by atoms with Crippen LogP contribution in [0.4, 0.5) is 0 Å². The van der Waals surface area contributed by atoms with Crippen molar-refractivity contribution < 1.29 is 4.55 Å². The van der Waals surface area contributed by atoms with E-state index in [0.29, 0.717) is 0 Å². The van der Waals surface area contributed by atoms with Gasteiger partial charge in [-0.2, -0.15) is 0 Å². The van der Waals surface area contributed by atoms with E-state index < -0.39 is 11.2 Å². The van der Waals surface area contributed by atoms with Crippen LogP contribution < -0.4 is 0 Å². The van der Waals surface area contributed by atoms with Crippen molar-refractivity contribution in [2.75, 3.05) is 0 Å². The Kier molecular flexibility index (Phi) is 2.69. The number of hydrogen-bond donors (Lipinski definition) is 0. The Morgan fingerprint density at radius 1 is 1.06 bits per heavy atom. The first kappa shape index (κ1) is 10.9. The molecule has 0 aliphatic carbocycles. The number of hydrogen-bond acceptors (Lipinski definition) is 1. The lowest BCUT2D eigenvalue weighted by Crippen LogP contribution is -2.16. The van der Waals surface area contributed by atoms with E-state index in [1.54, 1.807) is 0 Å². The van der Waals surface area contributed by atoms with Crippen LogP contribution in [0.5, 0.6) is 0 Å². The highest BCUT2D eigenvalue weighted by molar-refractivity contribution is 7.91. The van der Waals surface area contributed by atoms with Crippen molar-refractivity contribution in [1.82, 2.24) is 0 Å². The Bertz CT molecular complexity index is 563. The summed E-state index contributed by atoms with van der Waals surface area (Å²) in [6.45, 7) is 2.15. The third-order valence-electron chi connectivity index (χ3n) is 3.35. The maximum Gasteiger partial charge on any atom is 0.162 e. The molecule has 0 bridgehead atoms. The lowest BCUT2D eigenvalue weighted by Gasteiger charge is -2.23. The van der Waals surface area contributed by atoms with E-state index in [-0.39, 0.29) is 0 Å². The van der Waals surface area contributed by atoms with Crippen LogP contribution in [0.2, 0.25) is 0 Å². The zero-order chi connectivity index (χ0) is 11.8. The van der Waals surface area contributed by atoms with Gasteiger partial charge in [-0.1, -0.05) is 37.3 Å². The summed E-state index contributed by atoms with van der Waals surface area (Å²) >= 11 is -1.00. The number of fused-ring (bicyclic) bond motifs is 2. The van der Waals surface area contributed by atoms with Crippen molar-refractivity contribution in [3.8, 4) is 0 Å². The molecule has 1 aliphatic rings. The van der Waals surface area contributed by atoms with Gasteiger partial charge in [-0.25, -0.2) is 0 Å². The van der Waals surface area contributed by atoms with Gasteiger partial charge in [0.1, 0.15) is 0 Å². The Morgan fingerprint density at radius 3 is 2.65 bits per heavy atom. The van der Waals surface area contributed by atoms with Gasteiger partial charge in [-0.15, -0.1) is 0 Å². The minimum Gasteiger partial charge on any atom is -0.606 e. The van der Waals surface area contributed by atoms with Crippen molar-refractivity contribution in [3.63, 3.8) is 0 Å². The van der Waals surface area contributed by atoms with Gasteiger partial charge in [0.05, 0.1) is 0 Å². The summed E-state index contributed by atoms with van der Waals surface area (Å²) in [4.78, 5) is 1.98. The largest absolute Gasteiger partial charge is 0.606 e. The highest BCUT2D eigenvalue weighted by Gasteiger charge is 2.28. The molecule has 1 atom stereocenters. The average molecular weight is 242 g/mol. The molecule has 1 unspecified atom stereocenters. The lowest BCUT2D eigenvalue weighted by molar-refractivity contribution is 0.590. The lowest BCUT2D eigenvalue weighted by atomic mass is 9.98. The summed E-state index contributed by atoms with van der Waals surface area (Å²) in [6.07, 6.45) is 1.92. The van der Waals surface area contributed by atoms with Crippen molar-refractivity contribution in [2.45, 2.75) is 29.6 Å². The molecule has 0 saturated heterocycles. The summed E-state index contributed by atoms with van der Waals surface area (Å²) < 4.78 is 12.5. The molecule has 1 nitrogen and oxygen atoms in total. The maximum absolute atomic E-state index is 12.5. The second-order valence-electron chi connectivity index (χ2n) is 4.30. The van der Waals surface area contributed by atoms with Gasteiger partial charge >= 0.3 is 0 Å². The smallest absolute Gasteiger partial charge is 0.162 e. The fraction of sp³-hybridized carbons (Fsp3) is 0.200. The molecule has 0 amide bonds. The van der Waals surface area contributed by atoms with Crippen LogP contribution in [-0.4, -0.2) is 4.55 Å². The monoisotopic (exact) mass is 242 g/mol. The number of rotatable bonds is 1. The second kappa shape index (κ2) is 4.21. The molecule has 0 saturated carbocycles. The molecule has 0 fully saturated rings. The molecule has 17 heavy (non-hydrogen) atoms. The summed E-state index contributed by atoms with van der Waals surface area (Å²) in [5.74, 6) is 0. The number of aryl methyl sites for hydroxylation is 1. The van der Waals surface area contributed by atoms with E-state index in [4.69, 9.17) is 0 Å². The maximum atomic E-state index is 12.5. The summed E-state index contributed by atoms with van der Waals surface area (Å²) in [5, 5.41) is 0. The normalized spacial score (nSPS) is 17.4. The minimum atomic E-state index is -1.00. The predicted molar refractivity (Wildman–Crippen MR) is 69.7 cm³/mol. The highest BCUT2D eigenvalue weighted by atomic mass is 32.2. The molecule has 1 aliphatic heterocycles. The van der Waals surface area contributed by atoms with E-state index in [0.717, 1.165) is 22.6 Å². The van der Waals surface area contributed by atoms with E-state index in [9.17, 15) is 4.55 Å². The molecule has 3 rings (SSSR count). The quantitative estimate of drug-likeness (QED) is 0.703. The standard InChI is InChI=1S/C15H14OS/c1-2-11-7-5-9-15-13(11)10-12-6-3-4-8-14(12)17(15)16/h3-9H,2,10H2,1H3. The molecule has 86 valence electrons. The topological polar surface area (TPSA) is 23.1 Å². The van der Waals surface area contributed by atoms with Crippen LogP contribution >= 0.6 is 0 Å². The van der Waals surface area contributed by atoms with E-state index in [1.807, 2.05) is 30.3 Å². The second-order valence-corrected chi connectivity index (χ2v) is 5.72. The van der Waals surface area contributed by atoms with Crippen molar-refractivity contribution in [2.24, 2.45) is 0 Å². The molecule has 0 spiro atoms. The summed E-state index contributed by atoms with van der Waals surface area (Å²) in [5.41, 5.74) is 3.80. The fourth-order valence-corrected chi connectivity index (χ4v) is 3.90. The Hall–Kier alpha value is -1.25. The van der Waals surface area contributed by atoms with Crippen molar-refractivity contribution >= 4 is 11.2 Å². The highest BCUT2D eigenvalue weighted by Crippen LogP contribution is 2.35. The first-order chi connectivity index (χ1) is 8.31. The van der Waals surface area contributed by atoms with Crippen LogP contribution in [0.25, 0.3) is 0 Å². The molecule has 2 aromatic carbocycles. The van der Waals surface area contributed by atoms with Crippen molar-refractivity contribution in [1.29, 1.82) is 0 Å². The Morgan fingerprint density at radius 2 is 1.82 bits per heavy atom. The molecule has 0 N–H and O–H groups in total. The molecule has 1 heterocycles. The Balaban J connectivity index is 2.19. The summed E-state index contributed by atoms with van der Waals surface area (Å²) in [7, 11) is 0. The summed E-state index contributed by atoms with van der Waals surface area (Å²) in [6, 6.07) is 14.2. The van der Waals surface area contributed by atoms with E-state index in [2.05, 4.69) is 19.1 Å². The van der Waals surface area contributed by atoms with Gasteiger partial charge in [0.15, 0.2) is 9.79 Å². The van der Waals surface area contributed by atoms with Gasteiger partial charge in [0, 0.05) is 28.7 Å². The third kappa shape index (κ3) is 1.68.